The molecule has 0 aliphatic carbocycles. The minimum absolute atomic E-state index is 0. The highest BCUT2D eigenvalue weighted by Crippen LogP contribution is 2.31. The fourth-order valence-electron chi connectivity index (χ4n) is 4.03. The van der Waals surface area contributed by atoms with Gasteiger partial charge in [0.05, 0.1) is 11.9 Å². The van der Waals surface area contributed by atoms with Crippen LogP contribution in [0.3, 0.4) is 0 Å². The van der Waals surface area contributed by atoms with Gasteiger partial charge in [0.2, 0.25) is 0 Å². The predicted octanol–water partition coefficient (Wildman–Crippen LogP) is 3.45. The summed E-state index contributed by atoms with van der Waals surface area (Å²) in [5.41, 5.74) is -1.95. The van der Waals surface area contributed by atoms with Crippen LogP contribution < -0.4 is 0 Å². The van der Waals surface area contributed by atoms with Crippen molar-refractivity contribution in [2.24, 2.45) is 5.92 Å². The van der Waals surface area contributed by atoms with Crippen molar-refractivity contribution in [3.8, 4) is 0 Å². The molecular formula is C17H23Cl2F3N4O2S. The maximum absolute atomic E-state index is 12.7. The van der Waals surface area contributed by atoms with E-state index in [-0.39, 0.29) is 43.8 Å². The third kappa shape index (κ3) is 4.66. The van der Waals surface area contributed by atoms with E-state index in [2.05, 4.69) is 20.4 Å². The Balaban J connectivity index is 0.00000150. The fourth-order valence-corrected chi connectivity index (χ4v) is 5.01. The van der Waals surface area contributed by atoms with Gasteiger partial charge in [-0.05, 0) is 43.9 Å². The van der Waals surface area contributed by atoms with Gasteiger partial charge in [0.25, 0.3) is 0 Å². The molecule has 2 aromatic rings. The number of imidazole rings is 1. The molecule has 0 amide bonds. The average Bonchev–Trinajstić information content (AvgIpc) is 3.04. The summed E-state index contributed by atoms with van der Waals surface area (Å²) in [4.78, 5) is 6.72. The molecule has 1 saturated heterocycles. The molecule has 0 bridgehead atoms. The molecule has 0 N–H and O–H groups in total. The number of sulfonamides is 1. The normalized spacial score (nSPS) is 19.0. The minimum atomic E-state index is -5.21. The zero-order valence-electron chi connectivity index (χ0n) is 15.5. The average molecular weight is 475 g/mol. The number of piperidine rings is 1. The summed E-state index contributed by atoms with van der Waals surface area (Å²) in [6.45, 7) is 2.32. The molecule has 6 nitrogen and oxygen atoms in total. The van der Waals surface area contributed by atoms with E-state index in [0.717, 1.165) is 37.4 Å². The van der Waals surface area contributed by atoms with Crippen molar-refractivity contribution in [2.75, 3.05) is 19.6 Å². The van der Waals surface area contributed by atoms with E-state index in [1.807, 2.05) is 18.3 Å². The second kappa shape index (κ2) is 8.97. The van der Waals surface area contributed by atoms with Gasteiger partial charge in [-0.1, -0.05) is 6.07 Å². The maximum atomic E-state index is 12.7. The van der Waals surface area contributed by atoms with E-state index < -0.39 is 15.5 Å². The van der Waals surface area contributed by atoms with Crippen molar-refractivity contribution in [1.29, 1.82) is 0 Å². The number of rotatable bonds is 4. The van der Waals surface area contributed by atoms with Crippen LogP contribution in [0.1, 0.15) is 30.7 Å². The molecule has 1 fully saturated rings. The first-order valence-corrected chi connectivity index (χ1v) is 10.4. The Labute approximate surface area is 179 Å². The standard InChI is InChI=1S/C17H21F3N4O2S.2ClH/c18-17(19,20)27(25,26)23-8-5-13(6-9-23)4-7-22-11-14-2-1-3-16-21-10-15(12-22)24(14)16;;/h1-3,10,13H,4-9,11-12H2;2*1H. The lowest BCUT2D eigenvalue weighted by atomic mass is 9.94. The molecule has 0 saturated carbocycles. The smallest absolute Gasteiger partial charge is 0.298 e. The van der Waals surface area contributed by atoms with Crippen LogP contribution in [0, 0.1) is 5.92 Å². The van der Waals surface area contributed by atoms with Crippen LogP contribution in [0.5, 0.6) is 0 Å². The number of hydrogen-bond acceptors (Lipinski definition) is 4. The lowest BCUT2D eigenvalue weighted by molar-refractivity contribution is -0.0497. The van der Waals surface area contributed by atoms with Crippen molar-refractivity contribution >= 4 is 40.5 Å². The number of hydrogen-bond donors (Lipinski definition) is 0. The molecule has 2 aliphatic rings. The van der Waals surface area contributed by atoms with Crippen LogP contribution in [0.25, 0.3) is 5.65 Å². The van der Waals surface area contributed by atoms with Crippen LogP contribution in [-0.2, 0) is 23.1 Å². The summed E-state index contributed by atoms with van der Waals surface area (Å²) in [7, 11) is -5.19. The SMILES string of the molecule is Cl.Cl.O=S(=O)(N1CCC(CCN2Cc3cccc4ncc(n34)C2)CC1)C(F)(F)F. The van der Waals surface area contributed by atoms with E-state index >= 15 is 0 Å². The van der Waals surface area contributed by atoms with Crippen LogP contribution >= 0.6 is 24.8 Å². The zero-order valence-corrected chi connectivity index (χ0v) is 18.0. The molecule has 164 valence electrons. The summed E-state index contributed by atoms with van der Waals surface area (Å²) in [5, 5.41) is 0. The molecule has 4 heterocycles. The van der Waals surface area contributed by atoms with Gasteiger partial charge >= 0.3 is 15.5 Å². The Hall–Kier alpha value is -1.07. The lowest BCUT2D eigenvalue weighted by Gasteiger charge is -2.33. The number of alkyl halides is 3. The van der Waals surface area contributed by atoms with Gasteiger partial charge in [-0.2, -0.15) is 17.5 Å². The lowest BCUT2D eigenvalue weighted by Crippen LogP contribution is -2.45. The molecule has 0 radical (unpaired) electrons. The molecule has 2 aliphatic heterocycles. The zero-order chi connectivity index (χ0) is 19.2. The van der Waals surface area contributed by atoms with Crippen LogP contribution in [0.4, 0.5) is 13.2 Å². The minimum Gasteiger partial charge on any atom is -0.298 e. The van der Waals surface area contributed by atoms with E-state index in [4.69, 9.17) is 0 Å². The Kier molecular flexibility index (Phi) is 7.49. The predicted molar refractivity (Wildman–Crippen MR) is 108 cm³/mol. The number of halogens is 5. The second-order valence-corrected chi connectivity index (χ2v) is 9.18. The molecule has 29 heavy (non-hydrogen) atoms. The Morgan fingerprint density at radius 1 is 1.07 bits per heavy atom. The second-order valence-electron chi connectivity index (χ2n) is 7.25. The monoisotopic (exact) mass is 474 g/mol. The highest BCUT2D eigenvalue weighted by Gasteiger charge is 2.50. The number of pyridine rings is 1. The highest BCUT2D eigenvalue weighted by molar-refractivity contribution is 7.90. The number of aromatic nitrogens is 2. The van der Waals surface area contributed by atoms with Crippen molar-refractivity contribution in [3.63, 3.8) is 0 Å². The van der Waals surface area contributed by atoms with Gasteiger partial charge in [-0.15, -0.1) is 24.8 Å². The highest BCUT2D eigenvalue weighted by atomic mass is 35.5. The van der Waals surface area contributed by atoms with E-state index in [1.165, 1.54) is 5.69 Å². The largest absolute Gasteiger partial charge is 0.511 e. The van der Waals surface area contributed by atoms with Crippen molar-refractivity contribution in [1.82, 2.24) is 18.6 Å². The first-order chi connectivity index (χ1) is 12.8. The molecule has 0 atom stereocenters. The van der Waals surface area contributed by atoms with Crippen LogP contribution in [0.2, 0.25) is 0 Å². The molecular weight excluding hydrogens is 452 g/mol. The summed E-state index contributed by atoms with van der Waals surface area (Å²) in [6, 6.07) is 6.04. The molecule has 0 spiro atoms. The van der Waals surface area contributed by atoms with E-state index in [1.54, 1.807) is 0 Å². The van der Waals surface area contributed by atoms with Gasteiger partial charge in [0.1, 0.15) is 5.65 Å². The summed E-state index contributed by atoms with van der Waals surface area (Å²) < 4.78 is 63.7. The quantitative estimate of drug-likeness (QED) is 0.680. The fraction of sp³-hybridized carbons (Fsp3) is 0.588. The van der Waals surface area contributed by atoms with Gasteiger partial charge in [-0.3, -0.25) is 9.30 Å². The third-order valence-electron chi connectivity index (χ3n) is 5.51. The third-order valence-corrected chi connectivity index (χ3v) is 7.14. The van der Waals surface area contributed by atoms with Crippen LogP contribution in [0.15, 0.2) is 24.4 Å². The molecule has 0 aromatic carbocycles. The summed E-state index contributed by atoms with van der Waals surface area (Å²) in [5.74, 6) is 0.243. The Morgan fingerprint density at radius 2 is 1.72 bits per heavy atom. The number of nitrogens with zero attached hydrogens (tertiary/aromatic N) is 4. The van der Waals surface area contributed by atoms with E-state index in [9.17, 15) is 21.6 Å². The maximum Gasteiger partial charge on any atom is 0.511 e. The molecule has 4 rings (SSSR count). The van der Waals surface area contributed by atoms with Gasteiger partial charge in [-0.25, -0.2) is 13.4 Å². The summed E-state index contributed by atoms with van der Waals surface area (Å²) >= 11 is 0. The van der Waals surface area contributed by atoms with Gasteiger partial charge < -0.3 is 0 Å². The van der Waals surface area contributed by atoms with Crippen molar-refractivity contribution in [3.05, 3.63) is 35.8 Å². The van der Waals surface area contributed by atoms with Gasteiger partial charge in [0.15, 0.2) is 0 Å². The first-order valence-electron chi connectivity index (χ1n) is 8.99. The van der Waals surface area contributed by atoms with Crippen molar-refractivity contribution in [2.45, 2.75) is 37.9 Å². The van der Waals surface area contributed by atoms with Crippen LogP contribution in [-0.4, -0.2) is 52.2 Å². The molecule has 0 unspecified atom stereocenters. The van der Waals surface area contributed by atoms with E-state index in [0.29, 0.717) is 17.1 Å². The van der Waals surface area contributed by atoms with Crippen molar-refractivity contribution < 1.29 is 21.6 Å². The molecule has 12 heteroatoms. The first kappa shape index (κ1) is 24.2. The summed E-state index contributed by atoms with van der Waals surface area (Å²) in [6.07, 6.45) is 3.67. The molecule has 2 aromatic heterocycles. The van der Waals surface area contributed by atoms with Gasteiger partial charge in [0, 0.05) is 31.9 Å². The Morgan fingerprint density at radius 3 is 2.38 bits per heavy atom. The topological polar surface area (TPSA) is 57.9 Å². The Bertz CT molecular complexity index is 944.